The van der Waals surface area contributed by atoms with Crippen LogP contribution < -0.4 is 0 Å². The van der Waals surface area contributed by atoms with Gasteiger partial charge in [-0.15, -0.1) is 0 Å². The fourth-order valence-corrected chi connectivity index (χ4v) is 4.35. The van der Waals surface area contributed by atoms with Crippen LogP contribution in [-0.2, 0) is 0 Å². The molecule has 0 radical (unpaired) electrons. The van der Waals surface area contributed by atoms with Crippen LogP contribution in [0.2, 0.25) is 0 Å². The number of aliphatic hydroxyl groups is 1. The summed E-state index contributed by atoms with van der Waals surface area (Å²) >= 11 is 0. The van der Waals surface area contributed by atoms with Gasteiger partial charge < -0.3 is 5.11 Å². The van der Waals surface area contributed by atoms with E-state index in [0.717, 1.165) is 24.8 Å². The molecule has 3 aliphatic rings. The summed E-state index contributed by atoms with van der Waals surface area (Å²) < 4.78 is 0. The van der Waals surface area contributed by atoms with Gasteiger partial charge in [-0.25, -0.2) is 0 Å². The summed E-state index contributed by atoms with van der Waals surface area (Å²) in [7, 11) is 0. The van der Waals surface area contributed by atoms with E-state index in [2.05, 4.69) is 4.90 Å². The molecule has 2 heteroatoms. The summed E-state index contributed by atoms with van der Waals surface area (Å²) in [6.07, 6.45) is 12.0. The SMILES string of the molecule is OC1CCC(N2CCCC3CCCCC32)C1. The largest absolute Gasteiger partial charge is 0.393 e. The second kappa shape index (κ2) is 4.66. The number of hydrogen-bond acceptors (Lipinski definition) is 2. The highest BCUT2D eigenvalue weighted by Gasteiger charge is 2.38. The van der Waals surface area contributed by atoms with Crippen molar-refractivity contribution in [1.82, 2.24) is 4.90 Å². The zero-order chi connectivity index (χ0) is 11.0. The molecule has 0 bridgehead atoms. The molecule has 2 nitrogen and oxygen atoms in total. The maximum absolute atomic E-state index is 9.70. The molecule has 0 aromatic heterocycles. The van der Waals surface area contributed by atoms with Crippen LogP contribution in [0.25, 0.3) is 0 Å². The molecule has 2 saturated carbocycles. The molecule has 1 heterocycles. The van der Waals surface area contributed by atoms with Crippen molar-refractivity contribution in [3.63, 3.8) is 0 Å². The fraction of sp³-hybridized carbons (Fsp3) is 1.00. The minimum atomic E-state index is -0.00559. The van der Waals surface area contributed by atoms with Gasteiger partial charge in [0.1, 0.15) is 0 Å². The Morgan fingerprint density at radius 2 is 1.69 bits per heavy atom. The summed E-state index contributed by atoms with van der Waals surface area (Å²) in [5, 5.41) is 9.70. The minimum Gasteiger partial charge on any atom is -0.393 e. The van der Waals surface area contributed by atoms with Crippen LogP contribution in [0.4, 0.5) is 0 Å². The molecular weight excluding hydrogens is 198 g/mol. The van der Waals surface area contributed by atoms with E-state index < -0.39 is 0 Å². The Kier molecular flexibility index (Phi) is 3.21. The van der Waals surface area contributed by atoms with Gasteiger partial charge in [-0.2, -0.15) is 0 Å². The number of piperidine rings is 1. The second-order valence-electron chi connectivity index (χ2n) is 6.11. The van der Waals surface area contributed by atoms with Crippen molar-refractivity contribution in [2.24, 2.45) is 5.92 Å². The summed E-state index contributed by atoms with van der Waals surface area (Å²) in [4.78, 5) is 2.78. The van der Waals surface area contributed by atoms with Crippen LogP contribution in [0.15, 0.2) is 0 Å². The smallest absolute Gasteiger partial charge is 0.0555 e. The summed E-state index contributed by atoms with van der Waals surface area (Å²) in [5.74, 6) is 0.986. The lowest BCUT2D eigenvalue weighted by Crippen LogP contribution is -2.50. The lowest BCUT2D eigenvalue weighted by atomic mass is 9.77. The van der Waals surface area contributed by atoms with Crippen LogP contribution in [0.5, 0.6) is 0 Å². The average molecular weight is 223 g/mol. The van der Waals surface area contributed by atoms with Gasteiger partial charge in [0.15, 0.2) is 0 Å². The van der Waals surface area contributed by atoms with Crippen LogP contribution in [-0.4, -0.2) is 34.7 Å². The molecule has 0 spiro atoms. The van der Waals surface area contributed by atoms with Crippen molar-refractivity contribution in [2.75, 3.05) is 6.54 Å². The van der Waals surface area contributed by atoms with Crippen LogP contribution in [0.1, 0.15) is 57.8 Å². The van der Waals surface area contributed by atoms with Crippen LogP contribution in [0.3, 0.4) is 0 Å². The molecule has 0 amide bonds. The first-order valence-electron chi connectivity index (χ1n) is 7.28. The standard InChI is InChI=1S/C14H25NO/c16-13-8-7-12(10-13)15-9-3-5-11-4-1-2-6-14(11)15/h11-14,16H,1-10H2. The highest BCUT2D eigenvalue weighted by Crippen LogP contribution is 2.39. The quantitative estimate of drug-likeness (QED) is 0.738. The molecule has 0 aromatic carbocycles. The van der Waals surface area contributed by atoms with E-state index in [4.69, 9.17) is 0 Å². The highest BCUT2D eigenvalue weighted by atomic mass is 16.3. The average Bonchev–Trinajstić information content (AvgIpc) is 2.75. The van der Waals surface area contributed by atoms with Crippen molar-refractivity contribution in [3.8, 4) is 0 Å². The van der Waals surface area contributed by atoms with E-state index in [-0.39, 0.29) is 6.10 Å². The zero-order valence-corrected chi connectivity index (χ0v) is 10.3. The molecule has 3 rings (SSSR count). The van der Waals surface area contributed by atoms with Crippen LogP contribution >= 0.6 is 0 Å². The molecule has 4 unspecified atom stereocenters. The maximum Gasteiger partial charge on any atom is 0.0555 e. The lowest BCUT2D eigenvalue weighted by Gasteiger charge is -2.47. The fourth-order valence-electron chi connectivity index (χ4n) is 4.35. The third-order valence-corrected chi connectivity index (χ3v) is 5.13. The molecule has 2 aliphatic carbocycles. The number of fused-ring (bicyclic) bond motifs is 1. The first-order chi connectivity index (χ1) is 7.84. The van der Waals surface area contributed by atoms with E-state index in [9.17, 15) is 5.11 Å². The molecule has 0 aromatic rings. The normalized spacial score (nSPS) is 45.6. The number of rotatable bonds is 1. The molecule has 1 saturated heterocycles. The molecular formula is C14H25NO. The van der Waals surface area contributed by atoms with E-state index in [1.807, 2.05) is 0 Å². The Morgan fingerprint density at radius 1 is 0.875 bits per heavy atom. The third-order valence-electron chi connectivity index (χ3n) is 5.13. The van der Waals surface area contributed by atoms with Gasteiger partial charge in [0.25, 0.3) is 0 Å². The maximum atomic E-state index is 9.70. The topological polar surface area (TPSA) is 23.5 Å². The van der Waals surface area contributed by atoms with Crippen molar-refractivity contribution in [2.45, 2.75) is 76.0 Å². The van der Waals surface area contributed by atoms with E-state index in [0.29, 0.717) is 6.04 Å². The monoisotopic (exact) mass is 223 g/mol. The summed E-state index contributed by atoms with van der Waals surface area (Å²) in [6, 6.07) is 1.58. The first-order valence-corrected chi connectivity index (χ1v) is 7.28. The summed E-state index contributed by atoms with van der Waals surface area (Å²) in [6.45, 7) is 1.30. The van der Waals surface area contributed by atoms with E-state index in [1.54, 1.807) is 0 Å². The Balaban J connectivity index is 1.68. The van der Waals surface area contributed by atoms with E-state index >= 15 is 0 Å². The van der Waals surface area contributed by atoms with Gasteiger partial charge in [0.05, 0.1) is 6.10 Å². The van der Waals surface area contributed by atoms with Gasteiger partial charge >= 0.3 is 0 Å². The Bertz CT molecular complexity index is 241. The third kappa shape index (κ3) is 2.02. The van der Waals surface area contributed by atoms with Gasteiger partial charge in [0.2, 0.25) is 0 Å². The molecule has 92 valence electrons. The summed E-state index contributed by atoms with van der Waals surface area (Å²) in [5.41, 5.74) is 0. The van der Waals surface area contributed by atoms with Crippen LogP contribution in [0, 0.1) is 5.92 Å². The van der Waals surface area contributed by atoms with Crippen molar-refractivity contribution in [1.29, 1.82) is 0 Å². The molecule has 3 fully saturated rings. The van der Waals surface area contributed by atoms with Gasteiger partial charge in [-0.3, -0.25) is 4.90 Å². The predicted molar refractivity (Wildman–Crippen MR) is 65.3 cm³/mol. The van der Waals surface area contributed by atoms with Crippen molar-refractivity contribution in [3.05, 3.63) is 0 Å². The zero-order valence-electron chi connectivity index (χ0n) is 10.3. The minimum absolute atomic E-state index is 0.00559. The first kappa shape index (κ1) is 11.0. The van der Waals surface area contributed by atoms with Gasteiger partial charge in [0, 0.05) is 12.1 Å². The number of hydrogen-bond donors (Lipinski definition) is 1. The molecule has 1 N–H and O–H groups in total. The van der Waals surface area contributed by atoms with Crippen molar-refractivity contribution >= 4 is 0 Å². The highest BCUT2D eigenvalue weighted by molar-refractivity contribution is 4.93. The predicted octanol–water partition coefficient (Wildman–Crippen LogP) is 2.55. The molecule has 4 atom stereocenters. The number of aliphatic hydroxyl groups excluding tert-OH is 1. The second-order valence-corrected chi connectivity index (χ2v) is 6.11. The Labute approximate surface area is 99.0 Å². The van der Waals surface area contributed by atoms with E-state index in [1.165, 1.54) is 51.5 Å². The molecule has 16 heavy (non-hydrogen) atoms. The van der Waals surface area contributed by atoms with Gasteiger partial charge in [-0.1, -0.05) is 12.8 Å². The lowest BCUT2D eigenvalue weighted by molar-refractivity contribution is 0.0232. The van der Waals surface area contributed by atoms with Crippen molar-refractivity contribution < 1.29 is 5.11 Å². The number of nitrogens with zero attached hydrogens (tertiary/aromatic N) is 1. The number of likely N-dealkylation sites (tertiary alicyclic amines) is 1. The Hall–Kier alpha value is -0.0800. The Morgan fingerprint density at radius 3 is 2.50 bits per heavy atom. The molecule has 1 aliphatic heterocycles. The van der Waals surface area contributed by atoms with Gasteiger partial charge in [-0.05, 0) is 57.4 Å².